The molecule has 0 unspecified atom stereocenters. The number of anilines is 3. The number of fused-ring (bicyclic) bond motifs is 9. The van der Waals surface area contributed by atoms with E-state index in [0.29, 0.717) is 0 Å². The summed E-state index contributed by atoms with van der Waals surface area (Å²) in [6, 6.07) is 66.8. The fourth-order valence-corrected chi connectivity index (χ4v) is 8.18. The van der Waals surface area contributed by atoms with Gasteiger partial charge in [-0.25, -0.2) is 0 Å². The Kier molecular flexibility index (Phi) is 6.55. The summed E-state index contributed by atoms with van der Waals surface area (Å²) in [6.45, 7) is 0. The maximum atomic E-state index is 6.85. The van der Waals surface area contributed by atoms with Crippen molar-refractivity contribution in [3.05, 3.63) is 188 Å². The zero-order valence-electron chi connectivity index (χ0n) is 28.7. The third-order valence-electron chi connectivity index (χ3n) is 10.7. The molecule has 248 valence electrons. The first kappa shape index (κ1) is 29.6. The first-order valence-corrected chi connectivity index (χ1v) is 18.0. The van der Waals surface area contributed by atoms with Crippen molar-refractivity contribution in [2.24, 2.45) is 0 Å². The normalized spacial score (nSPS) is 11.8. The van der Waals surface area contributed by atoms with Crippen molar-refractivity contribution in [2.45, 2.75) is 0 Å². The van der Waals surface area contributed by atoms with Crippen LogP contribution in [0.4, 0.5) is 17.1 Å². The second kappa shape index (κ2) is 11.7. The van der Waals surface area contributed by atoms with Crippen molar-refractivity contribution in [3.8, 4) is 22.3 Å². The smallest absolute Gasteiger partial charge is 0.145 e. The van der Waals surface area contributed by atoms with Crippen molar-refractivity contribution >= 4 is 82.5 Å². The molecule has 9 aromatic carbocycles. The zero-order valence-corrected chi connectivity index (χ0v) is 28.7. The standard InChI is InChI=1S/C50H31NO2/c1-2-11-32(12-3-1)33-21-23-35(24-22-33)39-28-29-44(49-41-17-7-9-20-46(41)53-50(39)49)51(37-27-30-47-42(31-37)40-16-6-8-19-45(40)52-47)43-18-10-14-36-26-25-34-13-4-5-15-38(34)48(36)43/h1-31H. The Hall–Kier alpha value is -7.10. The molecule has 0 fully saturated rings. The number of furan rings is 2. The molecule has 0 saturated heterocycles. The van der Waals surface area contributed by atoms with Gasteiger partial charge in [0.05, 0.1) is 16.8 Å². The van der Waals surface area contributed by atoms with Gasteiger partial charge >= 0.3 is 0 Å². The number of benzene rings is 9. The minimum absolute atomic E-state index is 0.858. The predicted molar refractivity (Wildman–Crippen MR) is 222 cm³/mol. The minimum atomic E-state index is 0.858. The first-order chi connectivity index (χ1) is 26.3. The van der Waals surface area contributed by atoms with Crippen LogP contribution in [0.5, 0.6) is 0 Å². The highest BCUT2D eigenvalue weighted by molar-refractivity contribution is 6.21. The molecule has 0 radical (unpaired) electrons. The quantitative estimate of drug-likeness (QED) is 0.170. The highest BCUT2D eigenvalue weighted by Gasteiger charge is 2.24. The van der Waals surface area contributed by atoms with Crippen LogP contribution in [-0.2, 0) is 0 Å². The van der Waals surface area contributed by atoms with E-state index in [1.807, 2.05) is 18.2 Å². The zero-order chi connectivity index (χ0) is 34.9. The molecule has 0 N–H and O–H groups in total. The van der Waals surface area contributed by atoms with Crippen LogP contribution < -0.4 is 4.90 Å². The van der Waals surface area contributed by atoms with Crippen LogP contribution in [0.1, 0.15) is 0 Å². The Morgan fingerprint density at radius 1 is 0.340 bits per heavy atom. The number of rotatable bonds is 5. The Balaban J connectivity index is 1.21. The van der Waals surface area contributed by atoms with Gasteiger partial charge in [-0.1, -0.05) is 140 Å². The molecular weight excluding hydrogens is 647 g/mol. The van der Waals surface area contributed by atoms with E-state index < -0.39 is 0 Å². The lowest BCUT2D eigenvalue weighted by Crippen LogP contribution is -2.11. The highest BCUT2D eigenvalue weighted by atomic mass is 16.3. The molecule has 53 heavy (non-hydrogen) atoms. The molecule has 0 spiro atoms. The fourth-order valence-electron chi connectivity index (χ4n) is 8.18. The average Bonchev–Trinajstić information content (AvgIpc) is 3.80. The van der Waals surface area contributed by atoms with Crippen LogP contribution in [0, 0.1) is 0 Å². The molecule has 0 aliphatic heterocycles. The lowest BCUT2D eigenvalue weighted by Gasteiger charge is -2.28. The van der Waals surface area contributed by atoms with Crippen LogP contribution in [-0.4, -0.2) is 0 Å². The molecule has 0 amide bonds. The van der Waals surface area contributed by atoms with Crippen LogP contribution in [0.3, 0.4) is 0 Å². The van der Waals surface area contributed by atoms with E-state index in [4.69, 9.17) is 8.83 Å². The molecule has 2 aromatic heterocycles. The summed E-state index contributed by atoms with van der Waals surface area (Å²) in [6.07, 6.45) is 0. The molecule has 3 heteroatoms. The molecule has 0 saturated carbocycles. The summed E-state index contributed by atoms with van der Waals surface area (Å²) in [5.41, 5.74) is 11.2. The Morgan fingerprint density at radius 2 is 0.962 bits per heavy atom. The van der Waals surface area contributed by atoms with Gasteiger partial charge < -0.3 is 13.7 Å². The Labute approximate surface area is 305 Å². The molecular formula is C50H31NO2. The van der Waals surface area contributed by atoms with Crippen LogP contribution in [0.2, 0.25) is 0 Å². The fraction of sp³-hybridized carbons (Fsp3) is 0. The van der Waals surface area contributed by atoms with Crippen LogP contribution >= 0.6 is 0 Å². The first-order valence-electron chi connectivity index (χ1n) is 18.0. The largest absolute Gasteiger partial charge is 0.456 e. The summed E-state index contributed by atoms with van der Waals surface area (Å²) >= 11 is 0. The van der Waals surface area contributed by atoms with Gasteiger partial charge in [0.1, 0.15) is 22.3 Å². The van der Waals surface area contributed by atoms with Crippen LogP contribution in [0.25, 0.3) is 87.7 Å². The maximum absolute atomic E-state index is 6.85. The highest BCUT2D eigenvalue weighted by Crippen LogP contribution is 2.49. The third kappa shape index (κ3) is 4.68. The van der Waals surface area contributed by atoms with Crippen molar-refractivity contribution in [1.82, 2.24) is 0 Å². The SMILES string of the molecule is c1ccc(-c2ccc(-c3ccc(N(c4ccc5oc6ccccc6c5c4)c4cccc5ccc6ccccc6c45)c4c3oc3ccccc34)cc2)cc1. The van der Waals surface area contributed by atoms with Gasteiger partial charge in [-0.2, -0.15) is 0 Å². The summed E-state index contributed by atoms with van der Waals surface area (Å²) in [5.74, 6) is 0. The molecule has 11 rings (SSSR count). The Morgan fingerprint density at radius 3 is 1.81 bits per heavy atom. The van der Waals surface area contributed by atoms with Gasteiger partial charge in [0.15, 0.2) is 0 Å². The molecule has 0 aliphatic rings. The topological polar surface area (TPSA) is 29.5 Å². The monoisotopic (exact) mass is 677 g/mol. The van der Waals surface area contributed by atoms with Gasteiger partial charge in [-0.15, -0.1) is 0 Å². The van der Waals surface area contributed by atoms with Crippen molar-refractivity contribution < 1.29 is 8.83 Å². The lowest BCUT2D eigenvalue weighted by molar-refractivity contribution is 0.669. The van der Waals surface area contributed by atoms with E-state index in [0.717, 1.165) is 72.1 Å². The molecule has 0 aliphatic carbocycles. The number of para-hydroxylation sites is 2. The summed E-state index contributed by atoms with van der Waals surface area (Å²) in [5, 5.41) is 9.12. The van der Waals surface area contributed by atoms with E-state index in [2.05, 4.69) is 175 Å². The molecule has 0 atom stereocenters. The van der Waals surface area contributed by atoms with Gasteiger partial charge in [0.2, 0.25) is 0 Å². The molecule has 0 bridgehead atoms. The number of hydrogen-bond acceptors (Lipinski definition) is 3. The van der Waals surface area contributed by atoms with E-state index in [1.165, 1.54) is 32.7 Å². The lowest BCUT2D eigenvalue weighted by atomic mass is 9.96. The van der Waals surface area contributed by atoms with Crippen molar-refractivity contribution in [1.29, 1.82) is 0 Å². The van der Waals surface area contributed by atoms with Gasteiger partial charge in [0.25, 0.3) is 0 Å². The van der Waals surface area contributed by atoms with Crippen molar-refractivity contribution in [2.75, 3.05) is 4.90 Å². The number of nitrogens with zero attached hydrogens (tertiary/aromatic N) is 1. The van der Waals surface area contributed by atoms with E-state index in [9.17, 15) is 0 Å². The predicted octanol–water partition coefficient (Wildman–Crippen LogP) is 14.6. The summed E-state index contributed by atoms with van der Waals surface area (Å²) in [4.78, 5) is 2.42. The van der Waals surface area contributed by atoms with Gasteiger partial charge in [-0.05, 0) is 81.4 Å². The van der Waals surface area contributed by atoms with E-state index in [-0.39, 0.29) is 0 Å². The average molecular weight is 678 g/mol. The third-order valence-corrected chi connectivity index (χ3v) is 10.7. The van der Waals surface area contributed by atoms with Crippen LogP contribution in [0.15, 0.2) is 197 Å². The van der Waals surface area contributed by atoms with Gasteiger partial charge in [0, 0.05) is 32.8 Å². The number of hydrogen-bond donors (Lipinski definition) is 0. The summed E-state index contributed by atoms with van der Waals surface area (Å²) in [7, 11) is 0. The maximum Gasteiger partial charge on any atom is 0.145 e. The molecule has 11 aromatic rings. The molecule has 2 heterocycles. The Bertz CT molecular complexity index is 3170. The van der Waals surface area contributed by atoms with E-state index >= 15 is 0 Å². The second-order valence-corrected chi connectivity index (χ2v) is 13.7. The van der Waals surface area contributed by atoms with Crippen molar-refractivity contribution in [3.63, 3.8) is 0 Å². The summed E-state index contributed by atoms with van der Waals surface area (Å²) < 4.78 is 13.2. The van der Waals surface area contributed by atoms with Gasteiger partial charge in [-0.3, -0.25) is 0 Å². The molecule has 3 nitrogen and oxygen atoms in total. The minimum Gasteiger partial charge on any atom is -0.456 e. The second-order valence-electron chi connectivity index (χ2n) is 13.7. The van der Waals surface area contributed by atoms with E-state index in [1.54, 1.807) is 0 Å².